The van der Waals surface area contributed by atoms with Crippen molar-refractivity contribution in [2.24, 2.45) is 0 Å². The molecule has 27 heavy (non-hydrogen) atoms. The van der Waals surface area contributed by atoms with E-state index in [1.165, 1.54) is 30.0 Å². The van der Waals surface area contributed by atoms with Crippen LogP contribution in [0.2, 0.25) is 0 Å². The van der Waals surface area contributed by atoms with Crippen LogP contribution in [0.4, 0.5) is 5.69 Å². The first-order chi connectivity index (χ1) is 12.9. The molecule has 0 aromatic heterocycles. The van der Waals surface area contributed by atoms with Crippen LogP contribution >= 0.6 is 0 Å². The lowest BCUT2D eigenvalue weighted by molar-refractivity contribution is -0.116. The van der Waals surface area contributed by atoms with Gasteiger partial charge in [0.1, 0.15) is 6.07 Å². The average Bonchev–Trinajstić information content (AvgIpc) is 3.13. The highest BCUT2D eigenvalue weighted by Crippen LogP contribution is 2.33. The number of amides is 1. The van der Waals surface area contributed by atoms with Crippen molar-refractivity contribution in [1.29, 1.82) is 5.26 Å². The van der Waals surface area contributed by atoms with Gasteiger partial charge in [0.05, 0.1) is 16.1 Å². The van der Waals surface area contributed by atoms with Crippen LogP contribution in [0.15, 0.2) is 47.4 Å². The summed E-state index contributed by atoms with van der Waals surface area (Å²) >= 11 is 0. The van der Waals surface area contributed by atoms with E-state index in [0.29, 0.717) is 22.7 Å². The zero-order valence-corrected chi connectivity index (χ0v) is 15.3. The van der Waals surface area contributed by atoms with E-state index >= 15 is 0 Å². The summed E-state index contributed by atoms with van der Waals surface area (Å²) in [5.41, 5.74) is 0.779. The van der Waals surface area contributed by atoms with E-state index in [9.17, 15) is 18.5 Å². The molecule has 3 rings (SSSR count). The number of ether oxygens (including phenoxy) is 2. The summed E-state index contributed by atoms with van der Waals surface area (Å²) in [6.45, 7) is 1.48. The summed E-state index contributed by atoms with van der Waals surface area (Å²) in [5.74, 6) is 0.566. The number of para-hydroxylation sites is 1. The van der Waals surface area contributed by atoms with Crippen LogP contribution in [0.5, 0.6) is 11.5 Å². The van der Waals surface area contributed by atoms with Gasteiger partial charge in [-0.15, -0.1) is 0 Å². The quantitative estimate of drug-likeness (QED) is 0.807. The maximum Gasteiger partial charge on any atom is 0.240 e. The lowest BCUT2D eigenvalue weighted by Gasteiger charge is -2.22. The lowest BCUT2D eigenvalue weighted by Crippen LogP contribution is -2.37. The normalized spacial score (nSPS) is 12.4. The van der Waals surface area contributed by atoms with Gasteiger partial charge in [0.2, 0.25) is 22.7 Å². The fourth-order valence-electron chi connectivity index (χ4n) is 2.67. The number of hydrogen-bond donors (Lipinski definition) is 1. The highest BCUT2D eigenvalue weighted by atomic mass is 32.2. The molecule has 0 radical (unpaired) electrons. The van der Waals surface area contributed by atoms with E-state index in [-0.39, 0.29) is 30.7 Å². The SMILES string of the molecule is CC(=O)N(CCNS(=O)(=O)c1ccc2c(c1)OCO2)c1ccccc1C#N. The molecule has 0 saturated heterocycles. The van der Waals surface area contributed by atoms with Crippen molar-refractivity contribution in [2.45, 2.75) is 11.8 Å². The second kappa shape index (κ2) is 7.65. The van der Waals surface area contributed by atoms with Gasteiger partial charge in [-0.3, -0.25) is 4.79 Å². The zero-order valence-electron chi connectivity index (χ0n) is 14.5. The third-order valence-electron chi connectivity index (χ3n) is 3.98. The number of nitrogens with one attached hydrogen (secondary N) is 1. The molecular weight excluding hydrogens is 370 g/mol. The Bertz CT molecular complexity index is 1010. The number of benzene rings is 2. The van der Waals surface area contributed by atoms with Crippen molar-refractivity contribution in [3.8, 4) is 17.6 Å². The van der Waals surface area contributed by atoms with Crippen molar-refractivity contribution in [1.82, 2.24) is 4.72 Å². The van der Waals surface area contributed by atoms with Crippen molar-refractivity contribution in [2.75, 3.05) is 24.8 Å². The fourth-order valence-corrected chi connectivity index (χ4v) is 3.71. The molecule has 9 heteroatoms. The van der Waals surface area contributed by atoms with Crippen LogP contribution in [-0.4, -0.2) is 34.2 Å². The predicted molar refractivity (Wildman–Crippen MR) is 96.9 cm³/mol. The molecule has 0 fully saturated rings. The van der Waals surface area contributed by atoms with Crippen LogP contribution in [0, 0.1) is 11.3 Å². The molecule has 1 aliphatic heterocycles. The summed E-state index contributed by atoms with van der Waals surface area (Å²) in [4.78, 5) is 13.4. The van der Waals surface area contributed by atoms with E-state index in [2.05, 4.69) is 4.72 Å². The average molecular weight is 387 g/mol. The molecule has 8 nitrogen and oxygen atoms in total. The first-order valence-corrected chi connectivity index (χ1v) is 9.57. The Kier molecular flexibility index (Phi) is 5.30. The first-order valence-electron chi connectivity index (χ1n) is 8.09. The molecule has 0 unspecified atom stereocenters. The third kappa shape index (κ3) is 4.02. The van der Waals surface area contributed by atoms with Crippen LogP contribution in [0.25, 0.3) is 0 Å². The molecule has 2 aromatic carbocycles. The van der Waals surface area contributed by atoms with Crippen molar-refractivity contribution >= 4 is 21.6 Å². The highest BCUT2D eigenvalue weighted by Gasteiger charge is 2.21. The molecule has 0 spiro atoms. The molecule has 0 aliphatic carbocycles. The van der Waals surface area contributed by atoms with Gasteiger partial charge in [0.15, 0.2) is 11.5 Å². The number of carbonyl (C=O) groups excluding carboxylic acids is 1. The number of rotatable bonds is 6. The summed E-state index contributed by atoms with van der Waals surface area (Å²) in [5, 5.41) is 9.21. The van der Waals surface area contributed by atoms with Gasteiger partial charge < -0.3 is 14.4 Å². The van der Waals surface area contributed by atoms with Crippen molar-refractivity contribution in [3.63, 3.8) is 0 Å². The number of carbonyl (C=O) groups is 1. The molecule has 1 aliphatic rings. The number of anilines is 1. The second-order valence-electron chi connectivity index (χ2n) is 5.71. The first kappa shape index (κ1) is 18.7. The fraction of sp³-hybridized carbons (Fsp3) is 0.222. The third-order valence-corrected chi connectivity index (χ3v) is 5.44. The Hall–Kier alpha value is -3.09. The zero-order chi connectivity index (χ0) is 19.4. The maximum atomic E-state index is 12.5. The second-order valence-corrected chi connectivity index (χ2v) is 7.48. The maximum absolute atomic E-state index is 12.5. The number of sulfonamides is 1. The van der Waals surface area contributed by atoms with Crippen molar-refractivity contribution in [3.05, 3.63) is 48.0 Å². The summed E-state index contributed by atoms with van der Waals surface area (Å²) < 4.78 is 37.8. The molecule has 0 atom stereocenters. The molecule has 2 aromatic rings. The molecular formula is C18H17N3O5S. The topological polar surface area (TPSA) is 109 Å². The van der Waals surface area contributed by atoms with Crippen LogP contribution in [-0.2, 0) is 14.8 Å². The Balaban J connectivity index is 1.71. The Morgan fingerprint density at radius 2 is 1.96 bits per heavy atom. The van der Waals surface area contributed by atoms with Gasteiger partial charge in [-0.25, -0.2) is 13.1 Å². The van der Waals surface area contributed by atoms with Crippen LogP contribution in [0.1, 0.15) is 12.5 Å². The number of nitrogens with zero attached hydrogens (tertiary/aromatic N) is 2. The standard InChI is InChI=1S/C18H17N3O5S/c1-13(22)21(16-5-3-2-4-14(16)11-19)9-8-20-27(23,24)15-6-7-17-18(10-15)26-12-25-17/h2-7,10,20H,8-9,12H2,1H3. The smallest absolute Gasteiger partial charge is 0.240 e. The minimum atomic E-state index is -3.79. The minimum absolute atomic E-state index is 0.0177. The van der Waals surface area contributed by atoms with Gasteiger partial charge in [-0.1, -0.05) is 12.1 Å². The summed E-state index contributed by atoms with van der Waals surface area (Å²) in [6, 6.07) is 13.0. The van der Waals surface area contributed by atoms with E-state index in [1.54, 1.807) is 24.3 Å². The minimum Gasteiger partial charge on any atom is -0.454 e. The molecule has 140 valence electrons. The van der Waals surface area contributed by atoms with Gasteiger partial charge in [-0.05, 0) is 24.3 Å². The number of hydrogen-bond acceptors (Lipinski definition) is 6. The molecule has 0 bridgehead atoms. The monoisotopic (exact) mass is 387 g/mol. The van der Waals surface area contributed by atoms with Gasteiger partial charge in [-0.2, -0.15) is 5.26 Å². The Labute approximate surface area is 157 Å². The van der Waals surface area contributed by atoms with Crippen molar-refractivity contribution < 1.29 is 22.7 Å². The Morgan fingerprint density at radius 3 is 2.70 bits per heavy atom. The molecule has 0 saturated carbocycles. The predicted octanol–water partition coefficient (Wildman–Crippen LogP) is 1.62. The van der Waals surface area contributed by atoms with E-state index in [4.69, 9.17) is 9.47 Å². The van der Waals surface area contributed by atoms with Gasteiger partial charge in [0, 0.05) is 26.1 Å². The molecule has 1 N–H and O–H groups in total. The van der Waals surface area contributed by atoms with E-state index in [0.717, 1.165) is 0 Å². The number of fused-ring (bicyclic) bond motifs is 1. The molecule has 1 amide bonds. The van der Waals surface area contributed by atoms with Crippen LogP contribution < -0.4 is 19.1 Å². The lowest BCUT2D eigenvalue weighted by atomic mass is 10.1. The summed E-state index contributed by atoms with van der Waals surface area (Å²) in [6.07, 6.45) is 0. The van der Waals surface area contributed by atoms with Crippen LogP contribution in [0.3, 0.4) is 0 Å². The van der Waals surface area contributed by atoms with E-state index in [1.807, 2.05) is 6.07 Å². The largest absolute Gasteiger partial charge is 0.454 e. The highest BCUT2D eigenvalue weighted by molar-refractivity contribution is 7.89. The Morgan fingerprint density at radius 1 is 1.22 bits per heavy atom. The number of nitriles is 1. The van der Waals surface area contributed by atoms with E-state index < -0.39 is 10.0 Å². The summed E-state index contributed by atoms with van der Waals surface area (Å²) in [7, 11) is -3.79. The van der Waals surface area contributed by atoms with Gasteiger partial charge >= 0.3 is 0 Å². The molecule has 1 heterocycles. The van der Waals surface area contributed by atoms with Gasteiger partial charge in [0.25, 0.3) is 0 Å².